The minimum Gasteiger partial charge on any atom is -0.255 e. The quantitative estimate of drug-likeness (QED) is 0.0896. The third kappa shape index (κ3) is 15.2. The number of fused-ring (bicyclic) bond motifs is 17. The molecule has 678 valence electrons. The number of hydrogen-bond donors (Lipinski definition) is 0. The fourth-order valence-electron chi connectivity index (χ4n) is 22.7. The summed E-state index contributed by atoms with van der Waals surface area (Å²) < 4.78 is 0. The third-order valence-corrected chi connectivity index (χ3v) is 29.4. The van der Waals surface area contributed by atoms with E-state index in [0.717, 1.165) is 67.5 Å². The van der Waals surface area contributed by atoms with Gasteiger partial charge in [-0.1, -0.05) is 400 Å². The van der Waals surface area contributed by atoms with Gasteiger partial charge >= 0.3 is 0 Å². The van der Waals surface area contributed by atoms with Crippen LogP contribution < -0.4 is 0 Å². The van der Waals surface area contributed by atoms with Gasteiger partial charge in [0.1, 0.15) is 0 Å². The minimum absolute atomic E-state index is 0.864. The van der Waals surface area contributed by atoms with Gasteiger partial charge in [0, 0.05) is 53.9 Å². The molecule has 6 heterocycles. The molecule has 6 aromatic heterocycles. The molecule has 23 aromatic carbocycles. The summed E-state index contributed by atoms with van der Waals surface area (Å²) in [6, 6.07) is 180. The first-order chi connectivity index (χ1) is 72.4. The van der Waals surface area contributed by atoms with Crippen molar-refractivity contribution in [3.05, 3.63) is 535 Å². The highest BCUT2D eigenvalue weighted by Gasteiger charge is 2.27. The maximum absolute atomic E-state index is 4.84. The smallest absolute Gasteiger partial charge is 0.0886 e. The van der Waals surface area contributed by atoms with Gasteiger partial charge in [0.05, 0.1) is 34.2 Å². The van der Waals surface area contributed by atoms with Crippen LogP contribution in [0, 0.1) is 0 Å². The van der Waals surface area contributed by atoms with E-state index in [1.165, 1.54) is 218 Å². The molecule has 0 saturated carbocycles. The van der Waals surface area contributed by atoms with E-state index in [9.17, 15) is 0 Å². The number of nitrogens with zero attached hydrogens (tertiary/aromatic N) is 6. The summed E-state index contributed by atoms with van der Waals surface area (Å²) in [5, 5.41) is 34.9. The van der Waals surface area contributed by atoms with Crippen LogP contribution in [0.3, 0.4) is 0 Å². The molecule has 0 atom stereocenters. The number of pyridine rings is 6. The highest BCUT2D eigenvalue weighted by molar-refractivity contribution is 6.31. The average molecular weight is 1850 g/mol. The molecule has 146 heavy (non-hydrogen) atoms. The summed E-state index contributed by atoms with van der Waals surface area (Å²) in [5.74, 6) is 0. The molecule has 0 radical (unpaired) electrons. The first-order valence-corrected chi connectivity index (χ1v) is 49.8. The maximum atomic E-state index is 4.84. The Bertz CT molecular complexity index is 10100. The molecule has 6 heteroatoms. The Hall–Kier alpha value is -19.4. The fraction of sp³-hybridized carbons (Fsp3) is 0. The van der Waals surface area contributed by atoms with Crippen molar-refractivity contribution in [2.75, 3.05) is 0 Å². The van der Waals surface area contributed by atoms with E-state index in [4.69, 9.17) is 15.0 Å². The van der Waals surface area contributed by atoms with Crippen molar-refractivity contribution in [3.8, 4) is 134 Å². The molecule has 0 fully saturated rings. The molecule has 6 nitrogen and oxygen atoms in total. The minimum atomic E-state index is 0.864. The molecule has 0 amide bonds. The molecule has 0 aliphatic heterocycles. The lowest BCUT2D eigenvalue weighted by Gasteiger charge is -2.21. The predicted molar refractivity (Wildman–Crippen MR) is 616 cm³/mol. The first-order valence-electron chi connectivity index (χ1n) is 49.8. The lowest BCUT2D eigenvalue weighted by atomic mass is 9.82. The second-order valence-corrected chi connectivity index (χ2v) is 37.6. The number of benzene rings is 23. The molecular weight excluding hydrogens is 1770 g/mol. The van der Waals surface area contributed by atoms with Gasteiger partial charge in [-0.15, -0.1) is 0 Å². The zero-order chi connectivity index (χ0) is 96.5. The van der Waals surface area contributed by atoms with Crippen LogP contribution in [-0.4, -0.2) is 29.9 Å². The molecule has 0 spiro atoms. The Balaban J connectivity index is 0.000000109. The van der Waals surface area contributed by atoms with Crippen molar-refractivity contribution in [2.45, 2.75) is 0 Å². The van der Waals surface area contributed by atoms with Gasteiger partial charge in [-0.2, -0.15) is 0 Å². The zero-order valence-corrected chi connectivity index (χ0v) is 79.5. The molecule has 0 aliphatic carbocycles. The van der Waals surface area contributed by atoms with Crippen LogP contribution in [0.4, 0.5) is 0 Å². The van der Waals surface area contributed by atoms with Crippen molar-refractivity contribution in [1.82, 2.24) is 29.9 Å². The van der Waals surface area contributed by atoms with Crippen LogP contribution in [0.15, 0.2) is 535 Å². The lowest BCUT2D eigenvalue weighted by Crippen LogP contribution is -1.94. The molecular formula is C140H88N6. The largest absolute Gasteiger partial charge is 0.255 e. The summed E-state index contributed by atoms with van der Waals surface area (Å²) >= 11 is 0. The van der Waals surface area contributed by atoms with Gasteiger partial charge in [-0.3, -0.25) is 29.9 Å². The van der Waals surface area contributed by atoms with Crippen LogP contribution in [-0.2, 0) is 0 Å². The van der Waals surface area contributed by atoms with E-state index in [0.29, 0.717) is 0 Å². The van der Waals surface area contributed by atoms with Gasteiger partial charge < -0.3 is 0 Å². The Morgan fingerprint density at radius 2 is 0.370 bits per heavy atom. The van der Waals surface area contributed by atoms with Gasteiger partial charge in [0.2, 0.25) is 0 Å². The SMILES string of the molecule is c1ccc(-c2c3ccccc3c(-c3cc4ccccc4c4ccccc34)c3ccc(-c4ccc(-c5ccccn5)nc4)cc23)cc1.c1ccc(-c2ccc(-c3ccc4c(-c5cc6ccccc6c6ccccc56)c5ccccc5c(-c5cccc6ccccc56)c4c3)cn2)nc1.c1ccc(-c2ccc(-c3ccc4c(-c5ccc6ccccc6c5)c5ccccc5c(-c5cc6ccccc6c6ccccc56)c4c3)cn2)nc1. The summed E-state index contributed by atoms with van der Waals surface area (Å²) in [4.78, 5) is 28.0. The van der Waals surface area contributed by atoms with Crippen molar-refractivity contribution >= 4 is 151 Å². The maximum Gasteiger partial charge on any atom is 0.0886 e. The number of aromatic nitrogens is 6. The van der Waals surface area contributed by atoms with Crippen LogP contribution in [0.5, 0.6) is 0 Å². The number of rotatable bonds is 12. The lowest BCUT2D eigenvalue weighted by molar-refractivity contribution is 1.25. The van der Waals surface area contributed by atoms with Crippen molar-refractivity contribution in [1.29, 1.82) is 0 Å². The highest BCUT2D eigenvalue weighted by Crippen LogP contribution is 2.54. The van der Waals surface area contributed by atoms with E-state index in [-0.39, 0.29) is 0 Å². The van der Waals surface area contributed by atoms with Crippen LogP contribution in [0.25, 0.3) is 285 Å². The van der Waals surface area contributed by atoms with E-state index in [1.54, 1.807) is 6.20 Å². The van der Waals surface area contributed by atoms with Gasteiger partial charge in [-0.05, 0) is 331 Å². The molecule has 29 aromatic rings. The predicted octanol–water partition coefficient (Wildman–Crippen LogP) is 37.6. The molecule has 0 saturated heterocycles. The van der Waals surface area contributed by atoms with E-state index in [1.807, 2.05) is 85.6 Å². The highest BCUT2D eigenvalue weighted by atomic mass is 14.8. The van der Waals surface area contributed by atoms with E-state index in [2.05, 4.69) is 458 Å². The van der Waals surface area contributed by atoms with Gasteiger partial charge in [0.25, 0.3) is 0 Å². The Morgan fingerprint density at radius 3 is 0.753 bits per heavy atom. The van der Waals surface area contributed by atoms with E-state index >= 15 is 0 Å². The van der Waals surface area contributed by atoms with Gasteiger partial charge in [-0.25, -0.2) is 0 Å². The average Bonchev–Trinajstić information content (AvgIpc) is 0.726. The molecule has 0 N–H and O–H groups in total. The summed E-state index contributed by atoms with van der Waals surface area (Å²) in [6.07, 6.45) is 11.3. The monoisotopic (exact) mass is 1850 g/mol. The molecule has 0 bridgehead atoms. The topological polar surface area (TPSA) is 77.3 Å². The second-order valence-electron chi connectivity index (χ2n) is 37.6. The Kier molecular flexibility index (Phi) is 21.5. The van der Waals surface area contributed by atoms with Crippen LogP contribution >= 0.6 is 0 Å². The normalized spacial score (nSPS) is 11.6. The Labute approximate surface area is 843 Å². The van der Waals surface area contributed by atoms with Crippen LogP contribution in [0.2, 0.25) is 0 Å². The van der Waals surface area contributed by atoms with Crippen LogP contribution in [0.1, 0.15) is 0 Å². The molecule has 0 aliphatic rings. The standard InChI is InChI=1S/2C48H30N2.C44H28N2/c1-3-15-35-31(12-1)14-11-21-39(35)47-40-19-7-8-20-41(40)48(43-29-33-13-2-4-16-36(33)37-17-5-6-18-38(37)43)42-25-23-32(28-44(42)47)34-24-26-46(50-30-34)45-22-9-10-27-49-45;1-2-12-32-27-35(21-20-31(32)11-1)47-40-17-7-8-18-41(40)48(43-29-34-13-3-4-14-37(34)38-15-5-6-16-39(38)43)44-28-33(22-24-42(44)47)36-23-25-46(50-30-36)45-19-9-10-26-49-45;1-2-12-29(13-3-1)43-36-18-8-9-19-37(36)44(39-27-31-14-4-5-15-33(31)34-16-6-7-17-35(34)39)38-23-21-30(26-40(38)43)32-22-24-42(46-28-32)41-20-10-11-25-45-41/h2*1-30H;1-28H. The van der Waals surface area contributed by atoms with E-state index < -0.39 is 0 Å². The summed E-state index contributed by atoms with van der Waals surface area (Å²) in [7, 11) is 0. The summed E-state index contributed by atoms with van der Waals surface area (Å²) in [5.41, 5.74) is 26.8. The summed E-state index contributed by atoms with van der Waals surface area (Å²) in [6.45, 7) is 0. The van der Waals surface area contributed by atoms with Crippen molar-refractivity contribution < 1.29 is 0 Å². The molecule has 29 rings (SSSR count). The fourth-order valence-corrected chi connectivity index (χ4v) is 22.7. The second kappa shape index (κ2) is 36.7. The number of hydrogen-bond acceptors (Lipinski definition) is 6. The Morgan fingerprint density at radius 1 is 0.103 bits per heavy atom. The zero-order valence-electron chi connectivity index (χ0n) is 79.5. The van der Waals surface area contributed by atoms with Gasteiger partial charge in [0.15, 0.2) is 0 Å². The van der Waals surface area contributed by atoms with Crippen molar-refractivity contribution in [3.63, 3.8) is 0 Å². The van der Waals surface area contributed by atoms with Crippen molar-refractivity contribution in [2.24, 2.45) is 0 Å². The first kappa shape index (κ1) is 85.8. The third-order valence-electron chi connectivity index (χ3n) is 29.4. The molecule has 0 unspecified atom stereocenters.